The quantitative estimate of drug-likeness (QED) is 0.832. The van der Waals surface area contributed by atoms with Crippen LogP contribution in [0.3, 0.4) is 0 Å². The van der Waals surface area contributed by atoms with Gasteiger partial charge in [-0.05, 0) is 43.2 Å². The molecule has 0 spiro atoms. The van der Waals surface area contributed by atoms with Crippen LogP contribution in [0.1, 0.15) is 22.8 Å². The molecule has 1 atom stereocenters. The number of benzene rings is 2. The van der Waals surface area contributed by atoms with Crippen molar-refractivity contribution >= 4 is 11.9 Å². The molecule has 0 aliphatic heterocycles. The van der Waals surface area contributed by atoms with Gasteiger partial charge in [-0.3, -0.25) is 4.79 Å². The molecular formula is C18H18NO4-. The van der Waals surface area contributed by atoms with Gasteiger partial charge < -0.3 is 20.0 Å². The van der Waals surface area contributed by atoms with Gasteiger partial charge in [-0.15, -0.1) is 0 Å². The van der Waals surface area contributed by atoms with Gasteiger partial charge in [-0.2, -0.15) is 0 Å². The summed E-state index contributed by atoms with van der Waals surface area (Å²) in [5.41, 5.74) is 1.65. The van der Waals surface area contributed by atoms with Crippen molar-refractivity contribution in [2.45, 2.75) is 19.4 Å². The third-order valence-corrected chi connectivity index (χ3v) is 3.30. The first-order valence-corrected chi connectivity index (χ1v) is 7.36. The molecule has 2 aromatic rings. The minimum Gasteiger partial charge on any atom is -0.546 e. The molecule has 0 saturated carbocycles. The number of nitrogens with one attached hydrogen (secondary N) is 1. The Bertz CT molecular complexity index is 652. The lowest BCUT2D eigenvalue weighted by atomic mass is 10.1. The smallest absolute Gasteiger partial charge is 0.251 e. The monoisotopic (exact) mass is 312 g/mol. The van der Waals surface area contributed by atoms with Gasteiger partial charge >= 0.3 is 0 Å². The maximum absolute atomic E-state index is 12.0. The second kappa shape index (κ2) is 7.98. The summed E-state index contributed by atoms with van der Waals surface area (Å²) in [6.07, 6.45) is -0.280. The fraction of sp³-hybridized carbons (Fsp3) is 0.222. The van der Waals surface area contributed by atoms with Crippen molar-refractivity contribution < 1.29 is 19.4 Å². The van der Waals surface area contributed by atoms with Crippen LogP contribution >= 0.6 is 0 Å². The summed E-state index contributed by atoms with van der Waals surface area (Å²) in [5.74, 6) is -1.09. The summed E-state index contributed by atoms with van der Waals surface area (Å²) < 4.78 is 5.16. The molecular weight excluding hydrogens is 294 g/mol. The molecule has 1 unspecified atom stereocenters. The molecule has 1 amide bonds. The van der Waals surface area contributed by atoms with Crippen LogP contribution in [0.5, 0.6) is 5.75 Å². The Hall–Kier alpha value is -2.82. The summed E-state index contributed by atoms with van der Waals surface area (Å²) in [6.45, 7) is 1.93. The molecule has 120 valence electrons. The van der Waals surface area contributed by atoms with Crippen molar-refractivity contribution in [1.82, 2.24) is 5.32 Å². The second-order valence-corrected chi connectivity index (χ2v) is 5.09. The second-order valence-electron chi connectivity index (χ2n) is 5.09. The zero-order valence-corrected chi connectivity index (χ0v) is 12.8. The lowest BCUT2D eigenvalue weighted by Crippen LogP contribution is -2.37. The van der Waals surface area contributed by atoms with Crippen LogP contribution < -0.4 is 15.2 Å². The number of aliphatic carboxylic acids is 1. The fourth-order valence-electron chi connectivity index (χ4n) is 2.00. The van der Waals surface area contributed by atoms with E-state index in [-0.39, 0.29) is 5.91 Å². The predicted molar refractivity (Wildman–Crippen MR) is 84.0 cm³/mol. The van der Waals surface area contributed by atoms with E-state index in [1.807, 2.05) is 30.3 Å². The lowest BCUT2D eigenvalue weighted by molar-refractivity contribution is -0.312. The molecule has 0 bridgehead atoms. The van der Waals surface area contributed by atoms with E-state index in [4.69, 9.17) is 4.74 Å². The van der Waals surface area contributed by atoms with Gasteiger partial charge in [-0.25, -0.2) is 0 Å². The Balaban J connectivity index is 1.84. The highest BCUT2D eigenvalue weighted by molar-refractivity contribution is 5.94. The molecule has 0 aliphatic rings. The molecule has 0 radical (unpaired) electrons. The molecule has 1 N–H and O–H groups in total. The minimum atomic E-state index is -1.28. The normalized spacial score (nSPS) is 11.5. The van der Waals surface area contributed by atoms with E-state index in [0.717, 1.165) is 12.0 Å². The maximum atomic E-state index is 12.0. The molecule has 2 aromatic carbocycles. The maximum Gasteiger partial charge on any atom is 0.251 e. The Morgan fingerprint density at radius 3 is 2.35 bits per heavy atom. The Morgan fingerprint density at radius 1 is 1.09 bits per heavy atom. The third-order valence-electron chi connectivity index (χ3n) is 3.30. The van der Waals surface area contributed by atoms with Crippen LogP contribution in [0.4, 0.5) is 0 Å². The van der Waals surface area contributed by atoms with Crippen molar-refractivity contribution in [3.8, 4) is 5.75 Å². The summed E-state index contributed by atoms with van der Waals surface area (Å²) in [5, 5.41) is 13.5. The number of carboxylic acids is 1. The number of carbonyl (C=O) groups is 2. The van der Waals surface area contributed by atoms with Crippen LogP contribution in [0, 0.1) is 0 Å². The first-order chi connectivity index (χ1) is 11.1. The third kappa shape index (κ3) is 5.14. The van der Waals surface area contributed by atoms with E-state index in [9.17, 15) is 14.7 Å². The van der Waals surface area contributed by atoms with Crippen LogP contribution in [-0.4, -0.2) is 24.5 Å². The number of carbonyl (C=O) groups excluding carboxylic acids is 2. The van der Waals surface area contributed by atoms with E-state index in [1.165, 1.54) is 6.92 Å². The SMILES string of the molecule is CC(Oc1ccc(C(=O)NCCc2ccccc2)cc1)C(=O)[O-]. The Kier molecular flexibility index (Phi) is 5.74. The number of ether oxygens (including phenoxy) is 1. The van der Waals surface area contributed by atoms with Gasteiger partial charge in [-0.1, -0.05) is 30.3 Å². The van der Waals surface area contributed by atoms with Crippen LogP contribution in [-0.2, 0) is 11.2 Å². The molecule has 0 aromatic heterocycles. The first-order valence-electron chi connectivity index (χ1n) is 7.36. The average molecular weight is 312 g/mol. The fourth-order valence-corrected chi connectivity index (χ4v) is 2.00. The molecule has 0 saturated heterocycles. The van der Waals surface area contributed by atoms with Gasteiger partial charge in [0.2, 0.25) is 0 Å². The van der Waals surface area contributed by atoms with Crippen LogP contribution in [0.2, 0.25) is 0 Å². The van der Waals surface area contributed by atoms with Crippen LogP contribution in [0.15, 0.2) is 54.6 Å². The molecule has 0 heterocycles. The number of hydrogen-bond acceptors (Lipinski definition) is 4. The average Bonchev–Trinajstić information content (AvgIpc) is 2.56. The van der Waals surface area contributed by atoms with E-state index >= 15 is 0 Å². The largest absolute Gasteiger partial charge is 0.546 e. The Morgan fingerprint density at radius 2 is 1.74 bits per heavy atom. The van der Waals surface area contributed by atoms with E-state index in [2.05, 4.69) is 5.32 Å². The molecule has 0 fully saturated rings. The number of amides is 1. The van der Waals surface area contributed by atoms with E-state index < -0.39 is 12.1 Å². The topological polar surface area (TPSA) is 78.5 Å². The highest BCUT2D eigenvalue weighted by Crippen LogP contribution is 2.13. The van der Waals surface area contributed by atoms with E-state index in [0.29, 0.717) is 17.9 Å². The summed E-state index contributed by atoms with van der Waals surface area (Å²) in [4.78, 5) is 22.6. The van der Waals surface area contributed by atoms with Gasteiger partial charge in [0.15, 0.2) is 0 Å². The summed E-state index contributed by atoms with van der Waals surface area (Å²) in [7, 11) is 0. The lowest BCUT2D eigenvalue weighted by Gasteiger charge is -2.15. The number of rotatable bonds is 7. The zero-order valence-electron chi connectivity index (χ0n) is 12.8. The number of hydrogen-bond donors (Lipinski definition) is 1. The standard InChI is InChI=1S/C18H19NO4/c1-13(18(21)22)23-16-9-7-15(8-10-16)17(20)19-12-11-14-5-3-2-4-6-14/h2-10,13H,11-12H2,1H3,(H,19,20)(H,21,22)/p-1. The predicted octanol–water partition coefficient (Wildman–Crippen LogP) is 1.18. The van der Waals surface area contributed by atoms with Crippen molar-refractivity contribution in [2.75, 3.05) is 6.54 Å². The molecule has 23 heavy (non-hydrogen) atoms. The highest BCUT2D eigenvalue weighted by atomic mass is 16.5. The van der Waals surface area contributed by atoms with Gasteiger partial charge in [0.05, 0.1) is 5.97 Å². The zero-order chi connectivity index (χ0) is 16.7. The summed E-state index contributed by atoms with van der Waals surface area (Å²) >= 11 is 0. The van der Waals surface area contributed by atoms with Gasteiger partial charge in [0, 0.05) is 12.1 Å². The first kappa shape index (κ1) is 16.5. The van der Waals surface area contributed by atoms with Crippen molar-refractivity contribution in [3.05, 3.63) is 65.7 Å². The summed E-state index contributed by atoms with van der Waals surface area (Å²) in [6, 6.07) is 16.2. The minimum absolute atomic E-state index is 0.180. The van der Waals surface area contributed by atoms with Crippen molar-refractivity contribution in [1.29, 1.82) is 0 Å². The van der Waals surface area contributed by atoms with Crippen LogP contribution in [0.25, 0.3) is 0 Å². The number of carboxylic acid groups (broad SMARTS) is 1. The Labute approximate surface area is 134 Å². The van der Waals surface area contributed by atoms with Gasteiger partial charge in [0.1, 0.15) is 11.9 Å². The molecule has 5 nitrogen and oxygen atoms in total. The highest BCUT2D eigenvalue weighted by Gasteiger charge is 2.07. The van der Waals surface area contributed by atoms with Gasteiger partial charge in [0.25, 0.3) is 5.91 Å². The molecule has 2 rings (SSSR count). The van der Waals surface area contributed by atoms with Crippen molar-refractivity contribution in [2.24, 2.45) is 0 Å². The van der Waals surface area contributed by atoms with Crippen molar-refractivity contribution in [3.63, 3.8) is 0 Å². The molecule has 5 heteroatoms. The molecule has 0 aliphatic carbocycles. The van der Waals surface area contributed by atoms with E-state index in [1.54, 1.807) is 24.3 Å².